The number of benzene rings is 2. The largest absolute Gasteiger partial charge is 0.238 e. The first kappa shape index (κ1) is 34.1. The molecular weight excluding hydrogens is 672 g/mol. The van der Waals surface area contributed by atoms with Gasteiger partial charge in [-0.3, -0.25) is 0 Å². The van der Waals surface area contributed by atoms with E-state index in [0.717, 1.165) is 36.4 Å². The summed E-state index contributed by atoms with van der Waals surface area (Å²) in [6, 6.07) is 5.33. The highest BCUT2D eigenvalue weighted by Crippen LogP contribution is 2.58. The second-order valence-electron chi connectivity index (χ2n) is 9.21. The van der Waals surface area contributed by atoms with E-state index in [9.17, 15) is 42.1 Å². The topological polar surface area (TPSA) is 143 Å². The average molecular weight is 674 g/mol. The van der Waals surface area contributed by atoms with E-state index in [0.29, 0.717) is 0 Å². The zero-order valence-electron chi connectivity index (χ0n) is 22.4. The van der Waals surface area contributed by atoms with Gasteiger partial charge in [0.25, 0.3) is 0 Å². The van der Waals surface area contributed by atoms with E-state index in [1.54, 1.807) is 0 Å². The Hall–Kier alpha value is -6.76. The fraction of sp³-hybridized carbons (Fsp3) is 0.0667. The van der Waals surface area contributed by atoms with Crippen LogP contribution in [0.1, 0.15) is 22.3 Å². The minimum Gasteiger partial charge on any atom is -0.238 e. The highest BCUT2D eigenvalue weighted by molar-refractivity contribution is 6.07. The molecule has 0 N–H and O–H groups in total. The van der Waals surface area contributed by atoms with Crippen molar-refractivity contribution in [1.82, 2.24) is 0 Å². The number of allylic oxidation sites excluding steroid dienone is 10. The van der Waals surface area contributed by atoms with Gasteiger partial charge in [0, 0.05) is 16.7 Å². The quantitative estimate of drug-likeness (QED) is 0.188. The lowest BCUT2D eigenvalue weighted by Gasteiger charge is -2.20. The van der Waals surface area contributed by atoms with Crippen LogP contribution in [0.5, 0.6) is 0 Å². The van der Waals surface area contributed by atoms with Crippen LogP contribution >= 0.6 is 0 Å². The monoisotopic (exact) mass is 674 g/mol. The summed E-state index contributed by atoms with van der Waals surface area (Å²) in [6.07, 6.45) is -3.36. The first-order valence-corrected chi connectivity index (χ1v) is 12.1. The molecule has 0 heterocycles. The van der Waals surface area contributed by atoms with E-state index in [1.165, 1.54) is 0 Å². The molecule has 0 spiro atoms. The predicted octanol–water partition coefficient (Wildman–Crippen LogP) is 7.50. The number of rotatable bonds is 3. The van der Waals surface area contributed by atoms with Gasteiger partial charge in [0.15, 0.2) is 64.4 Å². The van der Waals surface area contributed by atoms with Gasteiger partial charge in [0.2, 0.25) is 0 Å². The van der Waals surface area contributed by atoms with Gasteiger partial charge in [-0.25, -0.2) is 52.7 Å². The van der Waals surface area contributed by atoms with Crippen molar-refractivity contribution in [3.63, 3.8) is 0 Å². The predicted molar refractivity (Wildman–Crippen MR) is 131 cm³/mol. The van der Waals surface area contributed by atoms with E-state index < -0.39 is 137 Å². The first-order valence-electron chi connectivity index (χ1n) is 12.1. The molecule has 1 saturated carbocycles. The van der Waals surface area contributed by atoms with Crippen molar-refractivity contribution in [2.75, 3.05) is 0 Å². The molecule has 2 aromatic rings. The molecule has 0 saturated heterocycles. The minimum atomic E-state index is -3.36. The average Bonchev–Trinajstić information content (AvgIpc) is 3.78. The Morgan fingerprint density at radius 3 is 1.08 bits per heavy atom. The van der Waals surface area contributed by atoms with Crippen molar-refractivity contribution in [1.29, 1.82) is 31.6 Å². The van der Waals surface area contributed by atoms with Gasteiger partial charge >= 0.3 is 0 Å². The summed E-state index contributed by atoms with van der Waals surface area (Å²) in [5.41, 5.74) is -19.4. The molecule has 2 aliphatic rings. The zero-order chi connectivity index (χ0) is 36.1. The first-order chi connectivity index (χ1) is 22.6. The fourth-order valence-electron chi connectivity index (χ4n) is 4.67. The summed E-state index contributed by atoms with van der Waals surface area (Å²) in [5, 5.41) is 56.0. The molecule has 18 heteroatoms. The van der Waals surface area contributed by atoms with Crippen LogP contribution in [0.15, 0.2) is 45.3 Å². The Bertz CT molecular complexity index is 2170. The van der Waals surface area contributed by atoms with Gasteiger partial charge in [-0.05, 0) is 0 Å². The Balaban J connectivity index is 2.34. The third-order valence-electron chi connectivity index (χ3n) is 6.89. The summed E-state index contributed by atoms with van der Waals surface area (Å²) < 4.78 is 178. The van der Waals surface area contributed by atoms with E-state index in [-0.39, 0.29) is 0 Å². The van der Waals surface area contributed by atoms with Crippen LogP contribution in [0.25, 0.3) is 11.1 Å². The second kappa shape index (κ2) is 12.2. The molecular formula is C30H2F12N6. The van der Waals surface area contributed by atoms with Crippen molar-refractivity contribution in [3.05, 3.63) is 114 Å². The van der Waals surface area contributed by atoms with Gasteiger partial charge < -0.3 is 0 Å². The molecule has 0 radical (unpaired) electrons. The molecule has 0 aromatic heterocycles. The minimum absolute atomic E-state index is 0.770. The maximum Gasteiger partial charge on any atom is 0.180 e. The normalized spacial score (nSPS) is 20.1. The highest BCUT2D eigenvalue weighted by atomic mass is 19.2. The lowest BCUT2D eigenvalue weighted by Crippen LogP contribution is -2.23. The van der Waals surface area contributed by atoms with Crippen molar-refractivity contribution in [3.8, 4) is 36.4 Å². The molecule has 0 amide bonds. The van der Waals surface area contributed by atoms with Gasteiger partial charge in [-0.1, -0.05) is 0 Å². The molecule has 2 unspecified atom stereocenters. The molecule has 0 aliphatic heterocycles. The zero-order valence-corrected chi connectivity index (χ0v) is 22.4. The number of alkyl halides is 1. The molecule has 2 aliphatic carbocycles. The van der Waals surface area contributed by atoms with Crippen molar-refractivity contribution >= 4 is 11.1 Å². The fourth-order valence-corrected chi connectivity index (χ4v) is 4.67. The molecule has 2 atom stereocenters. The van der Waals surface area contributed by atoms with Crippen LogP contribution in [-0.4, -0.2) is 6.17 Å². The van der Waals surface area contributed by atoms with E-state index >= 15 is 26.3 Å². The summed E-state index contributed by atoms with van der Waals surface area (Å²) in [6.45, 7) is 0. The molecule has 1 fully saturated rings. The van der Waals surface area contributed by atoms with Crippen LogP contribution in [0, 0.1) is 120 Å². The molecule has 0 bridgehead atoms. The maximum atomic E-state index is 15.1. The van der Waals surface area contributed by atoms with E-state index in [1.807, 2.05) is 0 Å². The molecule has 236 valence electrons. The van der Waals surface area contributed by atoms with Gasteiger partial charge in [-0.15, -0.1) is 0 Å². The molecule has 4 rings (SSSR count). The van der Waals surface area contributed by atoms with Gasteiger partial charge in [0.05, 0.1) is 39.5 Å². The smallest absolute Gasteiger partial charge is 0.180 e. The Morgan fingerprint density at radius 2 is 0.792 bits per heavy atom. The van der Waals surface area contributed by atoms with Crippen LogP contribution in [0.4, 0.5) is 52.7 Å². The number of hydrogen-bond donors (Lipinski definition) is 0. The standard InChI is InChI=1S/C30H2F12N6/c31-19-10(4-46)20(32)26(38)16(25(19)37)7(1-43)13-14(8(2-44)17-27(39)21(33)11(5-47)22(34)28(17)40)15(13)9(3-45)18-29(41)23(35)12(6-48)24(36)30(18)42/h10,19H/b13-7?,14-8-,15-9+. The lowest BCUT2D eigenvalue weighted by atomic mass is 9.89. The molecule has 2 aromatic carbocycles. The SMILES string of the molecule is N#CC(C1=C(F)C(F)C(C#N)C(F)=C1F)=C1C(=C(\C#N)c2c(F)c(F)c(C#N)c(F)c2F)/C1=C(\C#N)c1c(F)c(F)c(C#N)c(F)c1F. The third kappa shape index (κ3) is 4.64. The van der Waals surface area contributed by atoms with Crippen molar-refractivity contribution in [2.45, 2.75) is 6.17 Å². The Labute approximate surface area is 258 Å². The summed E-state index contributed by atoms with van der Waals surface area (Å²) in [4.78, 5) is 0. The molecule has 6 nitrogen and oxygen atoms in total. The van der Waals surface area contributed by atoms with Crippen LogP contribution < -0.4 is 0 Å². The van der Waals surface area contributed by atoms with E-state index in [4.69, 9.17) is 15.8 Å². The van der Waals surface area contributed by atoms with Crippen LogP contribution in [0.2, 0.25) is 0 Å². The van der Waals surface area contributed by atoms with Crippen LogP contribution in [-0.2, 0) is 0 Å². The summed E-state index contributed by atoms with van der Waals surface area (Å²) >= 11 is 0. The van der Waals surface area contributed by atoms with Crippen molar-refractivity contribution < 1.29 is 52.7 Å². The number of nitriles is 6. The Kier molecular flexibility index (Phi) is 8.68. The van der Waals surface area contributed by atoms with Crippen molar-refractivity contribution in [2.24, 2.45) is 5.92 Å². The lowest BCUT2D eigenvalue weighted by molar-refractivity contribution is 0.249. The summed E-state index contributed by atoms with van der Waals surface area (Å²) in [7, 11) is 0. The third-order valence-corrected chi connectivity index (χ3v) is 6.89. The second-order valence-corrected chi connectivity index (χ2v) is 9.21. The summed E-state index contributed by atoms with van der Waals surface area (Å²) in [5.74, 6) is -29.8. The highest BCUT2D eigenvalue weighted by Gasteiger charge is 2.48. The van der Waals surface area contributed by atoms with E-state index in [2.05, 4.69) is 0 Å². The number of nitrogens with zero attached hydrogens (tertiary/aromatic N) is 6. The molecule has 48 heavy (non-hydrogen) atoms. The van der Waals surface area contributed by atoms with Gasteiger partial charge in [0.1, 0.15) is 53.2 Å². The maximum absolute atomic E-state index is 15.1. The number of hydrogen-bond acceptors (Lipinski definition) is 6. The van der Waals surface area contributed by atoms with Gasteiger partial charge in [-0.2, -0.15) is 31.6 Å². The number of halogens is 12. The van der Waals surface area contributed by atoms with Crippen LogP contribution in [0.3, 0.4) is 0 Å². The Morgan fingerprint density at radius 1 is 0.458 bits per heavy atom.